The summed E-state index contributed by atoms with van der Waals surface area (Å²) in [6.07, 6.45) is 3.00. The van der Waals surface area contributed by atoms with Gasteiger partial charge in [0.1, 0.15) is 23.4 Å². The number of rotatable bonds is 11. The molecule has 3 N–H and O–H groups in total. The van der Waals surface area contributed by atoms with Crippen LogP contribution in [0.2, 0.25) is 0 Å². The standard InChI is InChI=1S/C32H39N3O5S/c1-7-18-35(30(38)26(17-19-41-6)34-31(39)40-32(3,4)5)27(25-14-10-11-21(2)28(25)36)29(37)33-24-16-15-22-12-8-9-13-23(22)20-24/h7-16,20,26-27,36H,1,17-19H2,2-6H3,(H,33,37)(H,34,39). The van der Waals surface area contributed by atoms with Crippen molar-refractivity contribution in [1.82, 2.24) is 10.2 Å². The number of nitrogens with one attached hydrogen (secondary N) is 2. The number of ether oxygens (including phenoxy) is 1. The number of fused-ring (bicyclic) bond motifs is 1. The number of phenols is 1. The van der Waals surface area contributed by atoms with E-state index >= 15 is 0 Å². The van der Waals surface area contributed by atoms with Crippen LogP contribution in [-0.2, 0) is 14.3 Å². The second-order valence-corrected chi connectivity index (χ2v) is 11.7. The van der Waals surface area contributed by atoms with Crippen molar-refractivity contribution in [3.8, 4) is 5.75 Å². The fourth-order valence-electron chi connectivity index (χ4n) is 4.44. The van der Waals surface area contributed by atoms with Gasteiger partial charge in [0, 0.05) is 17.8 Å². The number of phenolic OH excluding ortho intramolecular Hbond substituents is 1. The Hall–Kier alpha value is -3.98. The fraction of sp³-hybridized carbons (Fsp3) is 0.344. The minimum Gasteiger partial charge on any atom is -0.507 e. The summed E-state index contributed by atoms with van der Waals surface area (Å²) in [6, 6.07) is 16.2. The number of thioether (sulfide) groups is 1. The minimum atomic E-state index is -1.22. The molecule has 0 bridgehead atoms. The lowest BCUT2D eigenvalue weighted by atomic mass is 9.98. The zero-order valence-corrected chi connectivity index (χ0v) is 25.1. The van der Waals surface area contributed by atoms with E-state index in [2.05, 4.69) is 17.2 Å². The first-order valence-corrected chi connectivity index (χ1v) is 14.8. The van der Waals surface area contributed by atoms with E-state index < -0.39 is 35.6 Å². The van der Waals surface area contributed by atoms with Crippen molar-refractivity contribution in [1.29, 1.82) is 0 Å². The van der Waals surface area contributed by atoms with Gasteiger partial charge in [0.15, 0.2) is 0 Å². The van der Waals surface area contributed by atoms with Crippen LogP contribution in [0, 0.1) is 6.92 Å². The van der Waals surface area contributed by atoms with Crippen molar-refractivity contribution in [2.75, 3.05) is 23.9 Å². The highest BCUT2D eigenvalue weighted by atomic mass is 32.2. The molecule has 0 saturated heterocycles. The molecule has 0 heterocycles. The van der Waals surface area contributed by atoms with E-state index in [-0.39, 0.29) is 17.9 Å². The van der Waals surface area contributed by atoms with Gasteiger partial charge in [-0.2, -0.15) is 11.8 Å². The van der Waals surface area contributed by atoms with Gasteiger partial charge < -0.3 is 25.4 Å². The molecule has 3 rings (SSSR count). The van der Waals surface area contributed by atoms with Crippen molar-refractivity contribution >= 4 is 46.1 Å². The number of anilines is 1. The van der Waals surface area contributed by atoms with Crippen LogP contribution in [0.5, 0.6) is 5.75 Å². The zero-order chi connectivity index (χ0) is 30.2. The maximum atomic E-state index is 14.1. The molecule has 218 valence electrons. The number of hydrogen-bond acceptors (Lipinski definition) is 6. The summed E-state index contributed by atoms with van der Waals surface area (Å²) in [5.41, 5.74) is 0.609. The monoisotopic (exact) mass is 577 g/mol. The normalized spacial score (nSPS) is 12.7. The first-order chi connectivity index (χ1) is 19.4. The van der Waals surface area contributed by atoms with Gasteiger partial charge in [-0.15, -0.1) is 6.58 Å². The summed E-state index contributed by atoms with van der Waals surface area (Å²) in [4.78, 5) is 42.2. The second-order valence-electron chi connectivity index (χ2n) is 10.7. The van der Waals surface area contributed by atoms with Crippen molar-refractivity contribution in [3.05, 3.63) is 84.4 Å². The molecule has 2 unspecified atom stereocenters. The highest BCUT2D eigenvalue weighted by Crippen LogP contribution is 2.33. The van der Waals surface area contributed by atoms with Gasteiger partial charge in [-0.3, -0.25) is 9.59 Å². The minimum absolute atomic E-state index is 0.00616. The number of alkyl carbamates (subject to hydrolysis) is 1. The number of aryl methyl sites for hydroxylation is 1. The molecular formula is C32H39N3O5S. The Balaban J connectivity index is 2.04. The number of hydrogen-bond donors (Lipinski definition) is 3. The van der Waals surface area contributed by atoms with Gasteiger partial charge in [-0.25, -0.2) is 4.79 Å². The third-order valence-corrected chi connectivity index (χ3v) is 6.99. The number of carbonyl (C=O) groups is 3. The number of aromatic hydroxyl groups is 1. The summed E-state index contributed by atoms with van der Waals surface area (Å²) >= 11 is 1.53. The van der Waals surface area contributed by atoms with E-state index in [0.29, 0.717) is 23.4 Å². The summed E-state index contributed by atoms with van der Waals surface area (Å²) in [5, 5.41) is 18.6. The molecule has 8 nitrogen and oxygen atoms in total. The Bertz CT molecular complexity index is 1400. The van der Waals surface area contributed by atoms with Crippen molar-refractivity contribution in [2.45, 2.75) is 51.8 Å². The number of carbonyl (C=O) groups excluding carboxylic acids is 3. The molecule has 3 aromatic carbocycles. The van der Waals surface area contributed by atoms with Crippen LogP contribution in [0.1, 0.15) is 44.4 Å². The lowest BCUT2D eigenvalue weighted by Crippen LogP contribution is -2.52. The number of nitrogens with zero attached hydrogens (tertiary/aromatic N) is 1. The number of amides is 3. The average molecular weight is 578 g/mol. The van der Waals surface area contributed by atoms with E-state index in [0.717, 1.165) is 10.8 Å². The topological polar surface area (TPSA) is 108 Å². The Morgan fingerprint density at radius 2 is 1.78 bits per heavy atom. The molecular weight excluding hydrogens is 538 g/mol. The molecule has 0 aliphatic heterocycles. The lowest BCUT2D eigenvalue weighted by Gasteiger charge is -2.34. The smallest absolute Gasteiger partial charge is 0.408 e. The summed E-state index contributed by atoms with van der Waals surface area (Å²) in [5.74, 6) is -0.520. The van der Waals surface area contributed by atoms with Crippen LogP contribution in [0.25, 0.3) is 10.8 Å². The average Bonchev–Trinajstić information content (AvgIpc) is 2.91. The van der Waals surface area contributed by atoms with Gasteiger partial charge in [0.05, 0.1) is 0 Å². The summed E-state index contributed by atoms with van der Waals surface area (Å²) in [6.45, 7) is 10.7. The van der Waals surface area contributed by atoms with Crippen LogP contribution < -0.4 is 10.6 Å². The van der Waals surface area contributed by atoms with E-state index in [1.54, 1.807) is 52.0 Å². The Morgan fingerprint density at radius 3 is 2.44 bits per heavy atom. The fourth-order valence-corrected chi connectivity index (χ4v) is 4.91. The largest absolute Gasteiger partial charge is 0.507 e. The van der Waals surface area contributed by atoms with Crippen LogP contribution in [0.3, 0.4) is 0 Å². The maximum absolute atomic E-state index is 14.1. The van der Waals surface area contributed by atoms with Gasteiger partial charge in [0.2, 0.25) is 5.91 Å². The van der Waals surface area contributed by atoms with Crippen molar-refractivity contribution in [2.24, 2.45) is 0 Å². The Morgan fingerprint density at radius 1 is 1.07 bits per heavy atom. The van der Waals surface area contributed by atoms with Gasteiger partial charge in [0.25, 0.3) is 5.91 Å². The predicted octanol–water partition coefficient (Wildman–Crippen LogP) is 6.19. The molecule has 3 amide bonds. The van der Waals surface area contributed by atoms with Crippen molar-refractivity contribution < 1.29 is 24.2 Å². The SMILES string of the molecule is C=CCN(C(=O)C(CCSC)NC(=O)OC(C)(C)C)C(C(=O)Nc1ccc2ccccc2c1)c1cccc(C)c1O. The highest BCUT2D eigenvalue weighted by molar-refractivity contribution is 7.98. The molecule has 0 aliphatic rings. The van der Waals surface area contributed by atoms with E-state index in [1.807, 2.05) is 42.7 Å². The molecule has 3 aromatic rings. The molecule has 0 radical (unpaired) electrons. The van der Waals surface area contributed by atoms with Crippen LogP contribution in [0.15, 0.2) is 73.3 Å². The molecule has 0 fully saturated rings. The highest BCUT2D eigenvalue weighted by Gasteiger charge is 2.37. The van der Waals surface area contributed by atoms with Gasteiger partial charge in [-0.05, 0) is 74.6 Å². The molecule has 0 saturated carbocycles. The predicted molar refractivity (Wildman–Crippen MR) is 166 cm³/mol. The van der Waals surface area contributed by atoms with Crippen LogP contribution in [0.4, 0.5) is 10.5 Å². The third kappa shape index (κ3) is 8.50. The Labute approximate surface area is 246 Å². The molecule has 0 aliphatic carbocycles. The second kappa shape index (κ2) is 14.1. The zero-order valence-electron chi connectivity index (χ0n) is 24.3. The maximum Gasteiger partial charge on any atom is 0.408 e. The van der Waals surface area contributed by atoms with Crippen LogP contribution in [-0.4, -0.2) is 58.1 Å². The van der Waals surface area contributed by atoms with Gasteiger partial charge >= 0.3 is 6.09 Å². The van der Waals surface area contributed by atoms with Crippen molar-refractivity contribution in [3.63, 3.8) is 0 Å². The molecule has 2 atom stereocenters. The quantitative estimate of drug-likeness (QED) is 0.235. The van der Waals surface area contributed by atoms with E-state index in [4.69, 9.17) is 4.74 Å². The van der Waals surface area contributed by atoms with Gasteiger partial charge in [-0.1, -0.05) is 54.6 Å². The third-order valence-electron chi connectivity index (χ3n) is 6.35. The summed E-state index contributed by atoms with van der Waals surface area (Å²) in [7, 11) is 0. The van der Waals surface area contributed by atoms with Crippen LogP contribution >= 0.6 is 11.8 Å². The number of benzene rings is 3. The van der Waals surface area contributed by atoms with E-state index in [1.165, 1.54) is 22.7 Å². The first-order valence-electron chi connectivity index (χ1n) is 13.4. The summed E-state index contributed by atoms with van der Waals surface area (Å²) < 4.78 is 5.41. The molecule has 0 spiro atoms. The first kappa shape index (κ1) is 31.5. The molecule has 0 aromatic heterocycles. The number of para-hydroxylation sites is 1. The molecule has 41 heavy (non-hydrogen) atoms. The molecule has 9 heteroatoms. The lowest BCUT2D eigenvalue weighted by molar-refractivity contribution is -0.140. The Kier molecular flexibility index (Phi) is 10.8. The van der Waals surface area contributed by atoms with E-state index in [9.17, 15) is 19.5 Å².